The second kappa shape index (κ2) is 9.72. The third-order valence-corrected chi connectivity index (χ3v) is 6.71. The number of phenols is 1. The van der Waals surface area contributed by atoms with Gasteiger partial charge in [0.2, 0.25) is 0 Å². The Morgan fingerprint density at radius 1 is 1.06 bits per heavy atom. The molecule has 0 spiro atoms. The van der Waals surface area contributed by atoms with E-state index >= 15 is 13.2 Å². The van der Waals surface area contributed by atoms with Crippen molar-refractivity contribution >= 4 is 17.7 Å². The summed E-state index contributed by atoms with van der Waals surface area (Å²) in [5.41, 5.74) is 0.186. The molecule has 0 saturated heterocycles. The molecule has 1 aliphatic rings. The Hall–Kier alpha value is -3.74. The number of ether oxygens (including phenoxy) is 1. The number of phenolic OH excluding ortho intramolecular Hbond substituents is 1. The Labute approximate surface area is 208 Å². The van der Waals surface area contributed by atoms with Gasteiger partial charge in [-0.05, 0) is 70.5 Å². The van der Waals surface area contributed by atoms with E-state index in [1.807, 2.05) is 26.0 Å². The third-order valence-electron chi connectivity index (χ3n) is 6.71. The van der Waals surface area contributed by atoms with Gasteiger partial charge in [-0.3, -0.25) is 0 Å². The van der Waals surface area contributed by atoms with Crippen molar-refractivity contribution in [2.24, 2.45) is 0 Å². The van der Waals surface area contributed by atoms with Gasteiger partial charge in [0.05, 0.1) is 7.11 Å². The summed E-state index contributed by atoms with van der Waals surface area (Å²) in [4.78, 5) is 12.8. The zero-order valence-corrected chi connectivity index (χ0v) is 20.3. The maximum atomic E-state index is 15.4. The van der Waals surface area contributed by atoms with Crippen LogP contribution in [-0.2, 0) is 21.5 Å². The number of hydrogen-bond donors (Lipinski definition) is 1. The number of carbonyl (C=O) groups is 1. The van der Waals surface area contributed by atoms with Crippen LogP contribution in [0.2, 0.25) is 0 Å². The van der Waals surface area contributed by atoms with E-state index in [1.54, 1.807) is 24.3 Å². The van der Waals surface area contributed by atoms with Crippen molar-refractivity contribution in [2.75, 3.05) is 18.6 Å². The zero-order valence-electron chi connectivity index (χ0n) is 20.3. The van der Waals surface area contributed by atoms with Gasteiger partial charge in [-0.1, -0.05) is 56.3 Å². The van der Waals surface area contributed by atoms with E-state index in [4.69, 9.17) is 0 Å². The number of carbonyl (C=O) groups excluding carboxylic acids is 1. The smallest absolute Gasteiger partial charge is 0.420 e. The molecule has 1 unspecified atom stereocenters. The number of rotatable bonds is 5. The maximum absolute atomic E-state index is 15.4. The first kappa shape index (κ1) is 25.4. The topological polar surface area (TPSA) is 49.8 Å². The number of fused-ring (bicyclic) bond motifs is 1. The first-order chi connectivity index (χ1) is 17.1. The number of benzene rings is 3. The van der Waals surface area contributed by atoms with Crippen LogP contribution in [0.3, 0.4) is 0 Å². The molecule has 0 aromatic heterocycles. The highest BCUT2D eigenvalue weighted by Crippen LogP contribution is 2.53. The summed E-state index contributed by atoms with van der Waals surface area (Å²) in [5.74, 6) is -0.368. The van der Waals surface area contributed by atoms with E-state index in [0.717, 1.165) is 5.56 Å². The minimum atomic E-state index is -4.70. The molecule has 3 aromatic carbocycles. The van der Waals surface area contributed by atoms with Crippen LogP contribution >= 0.6 is 0 Å². The fourth-order valence-corrected chi connectivity index (χ4v) is 4.90. The fourth-order valence-electron chi connectivity index (χ4n) is 4.90. The molecular formula is C29H28F3NO3. The Bertz CT molecular complexity index is 1260. The standard InChI is InChI=1S/C29H28F3NO3/c1-19(2)21-7-11-24(12-8-21)33-17-16-22-18-25(34)13-14-26(22)28(33,29(30,31)32)23-9-4-20(5-10-23)6-15-27(35)36-3/h4-15,18-19,34H,16-17H2,1-3H3/b15-6+. The van der Waals surface area contributed by atoms with Crippen LogP contribution < -0.4 is 4.90 Å². The molecule has 0 saturated carbocycles. The molecule has 4 nitrogen and oxygen atoms in total. The summed E-state index contributed by atoms with van der Waals surface area (Å²) >= 11 is 0. The Balaban J connectivity index is 1.93. The lowest BCUT2D eigenvalue weighted by Gasteiger charge is -2.50. The molecule has 0 aliphatic carbocycles. The average Bonchev–Trinajstić information content (AvgIpc) is 2.86. The van der Waals surface area contributed by atoms with Gasteiger partial charge in [0.25, 0.3) is 0 Å². The van der Waals surface area contributed by atoms with E-state index < -0.39 is 17.7 Å². The zero-order chi connectivity index (χ0) is 26.1. The third kappa shape index (κ3) is 4.45. The monoisotopic (exact) mass is 495 g/mol. The molecular weight excluding hydrogens is 467 g/mol. The second-order valence-corrected chi connectivity index (χ2v) is 9.18. The molecule has 0 radical (unpaired) electrons. The number of esters is 1. The lowest BCUT2D eigenvalue weighted by atomic mass is 9.74. The molecule has 0 fully saturated rings. The molecule has 0 amide bonds. The lowest BCUT2D eigenvalue weighted by Crippen LogP contribution is -2.60. The van der Waals surface area contributed by atoms with Crippen LogP contribution in [0.1, 0.15) is 47.6 Å². The van der Waals surface area contributed by atoms with E-state index in [-0.39, 0.29) is 29.3 Å². The van der Waals surface area contributed by atoms with Gasteiger partial charge in [-0.25, -0.2) is 4.79 Å². The van der Waals surface area contributed by atoms with Crippen molar-refractivity contribution in [1.82, 2.24) is 0 Å². The highest BCUT2D eigenvalue weighted by Gasteiger charge is 2.63. The molecule has 1 N–H and O–H groups in total. The summed E-state index contributed by atoms with van der Waals surface area (Å²) in [6.45, 7) is 4.19. The SMILES string of the molecule is COC(=O)/C=C/c1ccc(C2(C(F)(F)F)c3ccc(O)cc3CCN2c2ccc(C(C)C)cc2)cc1. The molecule has 7 heteroatoms. The predicted molar refractivity (Wildman–Crippen MR) is 134 cm³/mol. The summed E-state index contributed by atoms with van der Waals surface area (Å²) in [6, 6.07) is 17.3. The van der Waals surface area contributed by atoms with E-state index in [9.17, 15) is 9.90 Å². The van der Waals surface area contributed by atoms with Crippen LogP contribution in [0.4, 0.5) is 18.9 Å². The molecule has 3 aromatic rings. The molecule has 4 rings (SSSR count). The van der Waals surface area contributed by atoms with Crippen molar-refractivity contribution in [1.29, 1.82) is 0 Å². The van der Waals surface area contributed by atoms with Crippen LogP contribution in [0.25, 0.3) is 6.08 Å². The van der Waals surface area contributed by atoms with E-state index in [0.29, 0.717) is 23.2 Å². The highest BCUT2D eigenvalue weighted by atomic mass is 19.4. The number of methoxy groups -OCH3 is 1. The minimum absolute atomic E-state index is 0.0461. The number of alkyl halides is 3. The Morgan fingerprint density at radius 2 is 1.72 bits per heavy atom. The Kier molecular flexibility index (Phi) is 6.85. The Morgan fingerprint density at radius 3 is 2.31 bits per heavy atom. The second-order valence-electron chi connectivity index (χ2n) is 9.18. The van der Waals surface area contributed by atoms with E-state index in [1.165, 1.54) is 54.5 Å². The molecule has 1 atom stereocenters. The van der Waals surface area contributed by atoms with Gasteiger partial charge in [0.1, 0.15) is 5.75 Å². The molecule has 1 heterocycles. The van der Waals surface area contributed by atoms with Crippen molar-refractivity contribution in [3.63, 3.8) is 0 Å². The van der Waals surface area contributed by atoms with Crippen molar-refractivity contribution < 1.29 is 27.8 Å². The van der Waals surface area contributed by atoms with Gasteiger partial charge < -0.3 is 14.7 Å². The lowest BCUT2D eigenvalue weighted by molar-refractivity contribution is -0.179. The maximum Gasteiger partial charge on any atom is 0.420 e. The first-order valence-electron chi connectivity index (χ1n) is 11.7. The van der Waals surface area contributed by atoms with E-state index in [2.05, 4.69) is 4.74 Å². The molecule has 0 bridgehead atoms. The normalized spacial score (nSPS) is 17.9. The number of hydrogen-bond acceptors (Lipinski definition) is 4. The fraction of sp³-hybridized carbons (Fsp3) is 0.276. The molecule has 36 heavy (non-hydrogen) atoms. The van der Waals surface area contributed by atoms with Gasteiger partial charge >= 0.3 is 12.1 Å². The molecule has 188 valence electrons. The highest BCUT2D eigenvalue weighted by molar-refractivity contribution is 5.86. The van der Waals surface area contributed by atoms with Crippen molar-refractivity contribution in [2.45, 2.75) is 37.9 Å². The van der Waals surface area contributed by atoms with Crippen molar-refractivity contribution in [3.05, 3.63) is 101 Å². The van der Waals surface area contributed by atoms with Crippen LogP contribution in [0.5, 0.6) is 5.75 Å². The minimum Gasteiger partial charge on any atom is -0.508 e. The molecule has 1 aliphatic heterocycles. The summed E-state index contributed by atoms with van der Waals surface area (Å²) in [6.07, 6.45) is -1.63. The summed E-state index contributed by atoms with van der Waals surface area (Å²) in [7, 11) is 1.25. The number of anilines is 1. The van der Waals surface area contributed by atoms with Crippen molar-refractivity contribution in [3.8, 4) is 5.75 Å². The summed E-state index contributed by atoms with van der Waals surface area (Å²) < 4.78 is 50.9. The van der Waals surface area contributed by atoms with Crippen LogP contribution in [0.15, 0.2) is 72.8 Å². The largest absolute Gasteiger partial charge is 0.508 e. The van der Waals surface area contributed by atoms with Gasteiger partial charge in [0, 0.05) is 18.3 Å². The number of aromatic hydroxyl groups is 1. The van der Waals surface area contributed by atoms with Gasteiger partial charge in [-0.15, -0.1) is 0 Å². The van der Waals surface area contributed by atoms with Gasteiger partial charge in [0.15, 0.2) is 5.54 Å². The van der Waals surface area contributed by atoms with Gasteiger partial charge in [-0.2, -0.15) is 13.2 Å². The van der Waals surface area contributed by atoms with Crippen LogP contribution in [0, 0.1) is 0 Å². The number of halogens is 3. The first-order valence-corrected chi connectivity index (χ1v) is 11.7. The predicted octanol–water partition coefficient (Wildman–Crippen LogP) is 6.57. The number of nitrogens with zero attached hydrogens (tertiary/aromatic N) is 1. The quantitative estimate of drug-likeness (QED) is 0.321. The summed E-state index contributed by atoms with van der Waals surface area (Å²) in [5, 5.41) is 10.0. The average molecular weight is 496 g/mol. The van der Waals surface area contributed by atoms with Crippen LogP contribution in [-0.4, -0.2) is 30.9 Å².